The van der Waals surface area contributed by atoms with Crippen LogP contribution in [0, 0.1) is 11.8 Å². The lowest BCUT2D eigenvalue weighted by Crippen LogP contribution is -2.35. The predicted molar refractivity (Wildman–Crippen MR) is 98.6 cm³/mol. The van der Waals surface area contributed by atoms with Gasteiger partial charge in [-0.1, -0.05) is 35.4 Å². The SMILES string of the molecule is CC1CC(=O)N(OC(=O)CCSSCCC(O)ON2C(=O)CC(C)C2=O)C1=O. The molecule has 4 amide bonds. The Labute approximate surface area is 169 Å². The van der Waals surface area contributed by atoms with E-state index in [9.17, 15) is 29.1 Å². The molecule has 2 saturated heterocycles. The second kappa shape index (κ2) is 10.2. The minimum Gasteiger partial charge on any atom is -0.366 e. The normalized spacial score (nSPS) is 23.7. The minimum atomic E-state index is -1.29. The van der Waals surface area contributed by atoms with Gasteiger partial charge in [0.2, 0.25) is 0 Å². The van der Waals surface area contributed by atoms with Gasteiger partial charge >= 0.3 is 5.97 Å². The van der Waals surface area contributed by atoms with Gasteiger partial charge in [-0.3, -0.25) is 19.2 Å². The largest absolute Gasteiger partial charge is 0.366 e. The molecule has 0 spiro atoms. The van der Waals surface area contributed by atoms with Crippen molar-refractivity contribution in [2.24, 2.45) is 11.8 Å². The summed E-state index contributed by atoms with van der Waals surface area (Å²) >= 11 is 0. The molecule has 2 aliphatic rings. The first-order valence-corrected chi connectivity index (χ1v) is 11.2. The molecule has 0 bridgehead atoms. The molecule has 0 aromatic carbocycles. The maximum absolute atomic E-state index is 11.7. The van der Waals surface area contributed by atoms with E-state index in [1.54, 1.807) is 13.8 Å². The molecule has 12 heteroatoms. The summed E-state index contributed by atoms with van der Waals surface area (Å²) in [7, 11) is 2.70. The van der Waals surface area contributed by atoms with Gasteiger partial charge in [0, 0.05) is 42.6 Å². The molecule has 0 radical (unpaired) electrons. The van der Waals surface area contributed by atoms with Crippen LogP contribution < -0.4 is 0 Å². The Kier molecular flexibility index (Phi) is 8.28. The van der Waals surface area contributed by atoms with Crippen LogP contribution in [0.25, 0.3) is 0 Å². The summed E-state index contributed by atoms with van der Waals surface area (Å²) in [6, 6.07) is 0. The molecule has 3 atom stereocenters. The number of rotatable bonds is 10. The number of nitrogens with zero attached hydrogens (tertiary/aromatic N) is 2. The van der Waals surface area contributed by atoms with Crippen LogP contribution in [0.2, 0.25) is 0 Å². The first-order chi connectivity index (χ1) is 13.2. The average Bonchev–Trinajstić information content (AvgIpc) is 3.01. The van der Waals surface area contributed by atoms with Gasteiger partial charge in [-0.05, 0) is 0 Å². The standard InChI is InChI=1S/C16H22N2O8S2/c1-9-7-11(19)17(15(9)23)25-13(21)3-5-27-28-6-4-14(22)26-18-12(20)8-10(2)16(18)24/h9-10,13,21H,3-8H2,1-2H3. The second-order valence-corrected chi connectivity index (χ2v) is 9.17. The average molecular weight is 434 g/mol. The lowest BCUT2D eigenvalue weighted by Gasteiger charge is -2.18. The van der Waals surface area contributed by atoms with Gasteiger partial charge in [0.1, 0.15) is 0 Å². The van der Waals surface area contributed by atoms with Crippen molar-refractivity contribution in [1.82, 2.24) is 10.1 Å². The molecule has 0 aromatic heterocycles. The van der Waals surface area contributed by atoms with Gasteiger partial charge < -0.3 is 9.94 Å². The molecular formula is C16H22N2O8S2. The molecule has 0 aliphatic carbocycles. The number of aliphatic hydroxyl groups is 1. The zero-order chi connectivity index (χ0) is 20.8. The Morgan fingerprint density at radius 1 is 1.04 bits per heavy atom. The first kappa shape index (κ1) is 22.7. The summed E-state index contributed by atoms with van der Waals surface area (Å²) in [6.07, 6.45) is -0.988. The summed E-state index contributed by atoms with van der Waals surface area (Å²) in [4.78, 5) is 67.9. The molecule has 3 unspecified atom stereocenters. The first-order valence-electron chi connectivity index (χ1n) is 8.74. The van der Waals surface area contributed by atoms with Crippen molar-refractivity contribution in [1.29, 1.82) is 0 Å². The van der Waals surface area contributed by atoms with Gasteiger partial charge in [0.05, 0.1) is 6.42 Å². The minimum absolute atomic E-state index is 0.0107. The molecule has 1 N–H and O–H groups in total. The third kappa shape index (κ3) is 5.93. The van der Waals surface area contributed by atoms with Crippen molar-refractivity contribution in [3.63, 3.8) is 0 Å². The molecule has 2 fully saturated rings. The topological polar surface area (TPSA) is 131 Å². The molecule has 2 aliphatic heterocycles. The fraction of sp³-hybridized carbons (Fsp3) is 0.688. The zero-order valence-electron chi connectivity index (χ0n) is 15.5. The zero-order valence-corrected chi connectivity index (χ0v) is 17.1. The number of amides is 4. The summed E-state index contributed by atoms with van der Waals surface area (Å²) in [5.41, 5.74) is 0. The van der Waals surface area contributed by atoms with Crippen molar-refractivity contribution in [2.75, 3.05) is 11.5 Å². The van der Waals surface area contributed by atoms with Crippen molar-refractivity contribution < 1.29 is 38.8 Å². The van der Waals surface area contributed by atoms with Crippen LogP contribution in [-0.4, -0.2) is 62.6 Å². The van der Waals surface area contributed by atoms with E-state index < -0.39 is 47.7 Å². The van der Waals surface area contributed by atoms with E-state index in [-0.39, 0.29) is 25.7 Å². The number of aliphatic hydroxyl groups excluding tert-OH is 1. The van der Waals surface area contributed by atoms with Crippen molar-refractivity contribution in [3.05, 3.63) is 0 Å². The highest BCUT2D eigenvalue weighted by molar-refractivity contribution is 8.76. The van der Waals surface area contributed by atoms with Crippen LogP contribution in [0.4, 0.5) is 0 Å². The van der Waals surface area contributed by atoms with E-state index in [1.807, 2.05) is 0 Å². The lowest BCUT2D eigenvalue weighted by molar-refractivity contribution is -0.244. The van der Waals surface area contributed by atoms with Crippen LogP contribution in [-0.2, 0) is 33.6 Å². The molecule has 10 nitrogen and oxygen atoms in total. The number of hydroxylamine groups is 4. The quantitative estimate of drug-likeness (QED) is 0.226. The molecule has 2 rings (SSSR count). The summed E-state index contributed by atoms with van der Waals surface area (Å²) in [6.45, 7) is 3.21. The van der Waals surface area contributed by atoms with Gasteiger partial charge in [-0.15, -0.1) is 5.06 Å². The third-order valence-electron chi connectivity index (χ3n) is 4.00. The van der Waals surface area contributed by atoms with E-state index in [0.29, 0.717) is 21.6 Å². The van der Waals surface area contributed by atoms with Crippen LogP contribution in [0.15, 0.2) is 0 Å². The molecule has 0 aromatic rings. The highest BCUT2D eigenvalue weighted by atomic mass is 33.1. The Hall–Kier alpha value is -1.63. The van der Waals surface area contributed by atoms with Crippen LogP contribution in [0.5, 0.6) is 0 Å². The molecule has 28 heavy (non-hydrogen) atoms. The molecule has 156 valence electrons. The van der Waals surface area contributed by atoms with Crippen molar-refractivity contribution in [2.45, 2.75) is 45.8 Å². The number of hydrogen-bond donors (Lipinski definition) is 1. The molecule has 0 saturated carbocycles. The fourth-order valence-corrected chi connectivity index (χ4v) is 4.46. The van der Waals surface area contributed by atoms with Crippen LogP contribution >= 0.6 is 21.6 Å². The van der Waals surface area contributed by atoms with Crippen molar-refractivity contribution >= 4 is 51.2 Å². The maximum Gasteiger partial charge on any atom is 0.334 e. The third-order valence-corrected chi connectivity index (χ3v) is 6.44. The van der Waals surface area contributed by atoms with E-state index >= 15 is 0 Å². The van der Waals surface area contributed by atoms with Crippen molar-refractivity contribution in [3.8, 4) is 0 Å². The summed E-state index contributed by atoms with van der Waals surface area (Å²) in [5.74, 6) is -2.74. The van der Waals surface area contributed by atoms with E-state index in [0.717, 1.165) is 0 Å². The monoisotopic (exact) mass is 434 g/mol. The Morgan fingerprint density at radius 3 is 2.11 bits per heavy atom. The van der Waals surface area contributed by atoms with Gasteiger partial charge in [0.15, 0.2) is 6.29 Å². The lowest BCUT2D eigenvalue weighted by atomic mass is 10.1. The Balaban J connectivity index is 1.55. The van der Waals surface area contributed by atoms with Gasteiger partial charge in [0.25, 0.3) is 23.6 Å². The summed E-state index contributed by atoms with van der Waals surface area (Å²) in [5, 5.41) is 10.9. The fourth-order valence-electron chi connectivity index (χ4n) is 2.43. The number of carbonyl (C=O) groups excluding carboxylic acids is 5. The van der Waals surface area contributed by atoms with Crippen LogP contribution in [0.3, 0.4) is 0 Å². The second-order valence-electron chi connectivity index (χ2n) is 6.47. The highest BCUT2D eigenvalue weighted by Crippen LogP contribution is 2.25. The van der Waals surface area contributed by atoms with Crippen LogP contribution in [0.1, 0.15) is 39.5 Å². The Bertz CT molecular complexity index is 659. The predicted octanol–water partition coefficient (Wildman–Crippen LogP) is 0.646. The van der Waals surface area contributed by atoms with E-state index in [1.165, 1.54) is 21.6 Å². The number of carbonyl (C=O) groups is 5. The van der Waals surface area contributed by atoms with E-state index in [2.05, 4.69) is 0 Å². The number of hydrogen-bond acceptors (Lipinski definition) is 10. The summed E-state index contributed by atoms with van der Waals surface area (Å²) < 4.78 is 0. The number of imide groups is 2. The smallest absolute Gasteiger partial charge is 0.334 e. The van der Waals surface area contributed by atoms with E-state index in [4.69, 9.17) is 9.68 Å². The maximum atomic E-state index is 11.7. The van der Waals surface area contributed by atoms with Gasteiger partial charge in [-0.2, -0.15) is 5.06 Å². The van der Waals surface area contributed by atoms with Gasteiger partial charge in [-0.25, -0.2) is 9.63 Å². The molecular weight excluding hydrogens is 412 g/mol. The molecule has 2 heterocycles. The Morgan fingerprint density at radius 2 is 1.57 bits per heavy atom. The highest BCUT2D eigenvalue weighted by Gasteiger charge is 2.39.